The van der Waals surface area contributed by atoms with Crippen LogP contribution < -0.4 is 5.32 Å². The second kappa shape index (κ2) is 6.97. The highest BCUT2D eigenvalue weighted by Crippen LogP contribution is 2.25. The van der Waals surface area contributed by atoms with Crippen LogP contribution in [-0.4, -0.2) is 17.5 Å². The number of hydrogen-bond acceptors (Lipinski definition) is 2. The molecule has 17 heavy (non-hydrogen) atoms. The smallest absolute Gasteiger partial charge is 0.130 e. The molecule has 0 spiro atoms. The minimum absolute atomic E-state index is 0.155. The summed E-state index contributed by atoms with van der Waals surface area (Å²) >= 11 is 1.70. The van der Waals surface area contributed by atoms with Crippen LogP contribution in [-0.2, 0) is 0 Å². The summed E-state index contributed by atoms with van der Waals surface area (Å²) in [5.74, 6) is -0.274. The Balaban J connectivity index is 2.88. The van der Waals surface area contributed by atoms with Crippen LogP contribution in [0.15, 0.2) is 18.2 Å². The van der Waals surface area contributed by atoms with E-state index < -0.39 is 11.6 Å². The molecule has 0 amide bonds. The molecule has 0 aromatic heterocycles. The lowest BCUT2D eigenvalue weighted by Crippen LogP contribution is -2.25. The molecular formula is C13H19F2NS. The van der Waals surface area contributed by atoms with Crippen molar-refractivity contribution in [3.8, 4) is 0 Å². The Kier molecular flexibility index (Phi) is 5.92. The first kappa shape index (κ1) is 14.5. The van der Waals surface area contributed by atoms with Crippen molar-refractivity contribution in [2.45, 2.75) is 32.1 Å². The Labute approximate surface area is 106 Å². The average Bonchev–Trinajstić information content (AvgIpc) is 2.25. The zero-order chi connectivity index (χ0) is 12.8. The molecule has 1 rings (SSSR count). The highest BCUT2D eigenvalue weighted by Gasteiger charge is 2.19. The van der Waals surface area contributed by atoms with Gasteiger partial charge < -0.3 is 5.32 Å². The van der Waals surface area contributed by atoms with Gasteiger partial charge in [-0.3, -0.25) is 0 Å². The molecule has 0 aliphatic heterocycles. The molecule has 0 saturated heterocycles. The Hall–Kier alpha value is -0.610. The Bertz CT molecular complexity index is 335. The van der Waals surface area contributed by atoms with Gasteiger partial charge in [-0.25, -0.2) is 8.78 Å². The minimum atomic E-state index is -0.472. The van der Waals surface area contributed by atoms with Crippen molar-refractivity contribution in [3.05, 3.63) is 35.4 Å². The third-order valence-electron chi connectivity index (χ3n) is 2.39. The number of rotatable bonds is 6. The van der Waals surface area contributed by atoms with Gasteiger partial charge in [-0.1, -0.05) is 26.8 Å². The Morgan fingerprint density at radius 2 is 1.82 bits per heavy atom. The van der Waals surface area contributed by atoms with E-state index in [1.54, 1.807) is 11.8 Å². The molecule has 1 aromatic carbocycles. The van der Waals surface area contributed by atoms with Crippen LogP contribution in [0.5, 0.6) is 0 Å². The van der Waals surface area contributed by atoms with Gasteiger partial charge in [0.1, 0.15) is 11.6 Å². The molecule has 1 N–H and O–H groups in total. The van der Waals surface area contributed by atoms with Crippen LogP contribution in [0.3, 0.4) is 0 Å². The number of hydrogen-bond donors (Lipinski definition) is 1. The van der Waals surface area contributed by atoms with Gasteiger partial charge in [0.15, 0.2) is 0 Å². The monoisotopic (exact) mass is 259 g/mol. The summed E-state index contributed by atoms with van der Waals surface area (Å²) in [4.78, 5) is 0. The first-order valence-electron chi connectivity index (χ1n) is 5.85. The van der Waals surface area contributed by atoms with Crippen LogP contribution in [0, 0.1) is 11.6 Å². The van der Waals surface area contributed by atoms with Crippen molar-refractivity contribution >= 4 is 11.8 Å². The number of benzene rings is 1. The normalized spacial score (nSPS) is 13.1. The third-order valence-corrected chi connectivity index (χ3v) is 3.59. The summed E-state index contributed by atoms with van der Waals surface area (Å²) in [6.45, 7) is 6.78. The molecule has 0 aliphatic rings. The fourth-order valence-corrected chi connectivity index (χ4v) is 2.48. The minimum Gasteiger partial charge on any atom is -0.309 e. The van der Waals surface area contributed by atoms with Gasteiger partial charge in [0.2, 0.25) is 0 Å². The van der Waals surface area contributed by atoms with Gasteiger partial charge in [-0.2, -0.15) is 11.8 Å². The van der Waals surface area contributed by atoms with E-state index in [2.05, 4.69) is 19.2 Å². The molecule has 1 nitrogen and oxygen atoms in total. The summed E-state index contributed by atoms with van der Waals surface area (Å²) in [5, 5.41) is 3.59. The van der Waals surface area contributed by atoms with Crippen LogP contribution >= 0.6 is 11.8 Å². The lowest BCUT2D eigenvalue weighted by atomic mass is 10.1. The molecule has 1 atom stereocenters. The van der Waals surface area contributed by atoms with E-state index >= 15 is 0 Å². The average molecular weight is 259 g/mol. The second-order valence-corrected chi connectivity index (χ2v) is 5.74. The number of nitrogens with one attached hydrogen (secondary N) is 1. The Morgan fingerprint density at radius 1 is 1.24 bits per heavy atom. The third kappa shape index (κ3) is 4.28. The first-order chi connectivity index (χ1) is 8.06. The standard InChI is InChI=1S/C13H19F2NS/c1-4-16-12(8-17-9(2)3)13-10(14)6-5-7-11(13)15/h5-7,9,12,16H,4,8H2,1-3H3. The van der Waals surface area contributed by atoms with Gasteiger partial charge >= 0.3 is 0 Å². The summed E-state index contributed by atoms with van der Waals surface area (Å²) in [7, 11) is 0. The first-order valence-corrected chi connectivity index (χ1v) is 6.90. The highest BCUT2D eigenvalue weighted by atomic mass is 32.2. The van der Waals surface area contributed by atoms with E-state index in [4.69, 9.17) is 0 Å². The predicted molar refractivity (Wildman–Crippen MR) is 70.4 cm³/mol. The Morgan fingerprint density at radius 3 is 2.29 bits per heavy atom. The molecule has 4 heteroatoms. The van der Waals surface area contributed by atoms with Crippen molar-refractivity contribution < 1.29 is 8.78 Å². The van der Waals surface area contributed by atoms with Gasteiger partial charge in [0.05, 0.1) is 0 Å². The fraction of sp³-hybridized carbons (Fsp3) is 0.538. The van der Waals surface area contributed by atoms with E-state index in [9.17, 15) is 8.78 Å². The summed E-state index contributed by atoms with van der Waals surface area (Å²) in [6.07, 6.45) is 0. The van der Waals surface area contributed by atoms with Gasteiger partial charge in [-0.15, -0.1) is 0 Å². The molecule has 0 bridgehead atoms. The van der Waals surface area contributed by atoms with Crippen molar-refractivity contribution in [1.82, 2.24) is 5.32 Å². The topological polar surface area (TPSA) is 12.0 Å². The van der Waals surface area contributed by atoms with Crippen LogP contribution in [0.4, 0.5) is 8.78 Å². The molecular weight excluding hydrogens is 240 g/mol. The van der Waals surface area contributed by atoms with E-state index in [1.165, 1.54) is 18.2 Å². The molecule has 0 fully saturated rings. The summed E-state index contributed by atoms with van der Waals surface area (Å²) in [6, 6.07) is 3.74. The van der Waals surface area contributed by atoms with Gasteiger partial charge in [0.25, 0.3) is 0 Å². The zero-order valence-electron chi connectivity index (χ0n) is 10.5. The van der Waals surface area contributed by atoms with Crippen molar-refractivity contribution in [2.24, 2.45) is 0 Å². The van der Waals surface area contributed by atoms with E-state index in [0.29, 0.717) is 17.5 Å². The second-order valence-electron chi connectivity index (χ2n) is 4.13. The molecule has 1 unspecified atom stereocenters. The highest BCUT2D eigenvalue weighted by molar-refractivity contribution is 7.99. The van der Waals surface area contributed by atoms with Crippen molar-refractivity contribution in [2.75, 3.05) is 12.3 Å². The van der Waals surface area contributed by atoms with Crippen LogP contribution in [0.25, 0.3) is 0 Å². The quantitative estimate of drug-likeness (QED) is 0.835. The number of halogens is 2. The van der Waals surface area contributed by atoms with Crippen LogP contribution in [0.2, 0.25) is 0 Å². The fourth-order valence-electron chi connectivity index (χ4n) is 1.62. The SMILES string of the molecule is CCNC(CSC(C)C)c1c(F)cccc1F. The predicted octanol–water partition coefficient (Wildman–Crippen LogP) is 3.76. The van der Waals surface area contributed by atoms with Crippen molar-refractivity contribution in [3.63, 3.8) is 0 Å². The van der Waals surface area contributed by atoms with Gasteiger partial charge in [0, 0.05) is 17.4 Å². The largest absolute Gasteiger partial charge is 0.309 e. The molecule has 0 saturated carbocycles. The molecule has 1 aromatic rings. The number of thioether (sulfide) groups is 1. The maximum atomic E-state index is 13.7. The van der Waals surface area contributed by atoms with Gasteiger partial charge in [-0.05, 0) is 23.9 Å². The molecule has 0 heterocycles. The maximum absolute atomic E-state index is 13.7. The summed E-state index contributed by atoms with van der Waals surface area (Å²) < 4.78 is 27.3. The van der Waals surface area contributed by atoms with Crippen molar-refractivity contribution in [1.29, 1.82) is 0 Å². The van der Waals surface area contributed by atoms with E-state index in [1.807, 2.05) is 6.92 Å². The molecule has 96 valence electrons. The molecule has 0 radical (unpaired) electrons. The van der Waals surface area contributed by atoms with E-state index in [-0.39, 0.29) is 11.6 Å². The lowest BCUT2D eigenvalue weighted by molar-refractivity contribution is 0.499. The lowest BCUT2D eigenvalue weighted by Gasteiger charge is -2.20. The van der Waals surface area contributed by atoms with Crippen LogP contribution in [0.1, 0.15) is 32.4 Å². The van der Waals surface area contributed by atoms with E-state index in [0.717, 1.165) is 0 Å². The zero-order valence-corrected chi connectivity index (χ0v) is 11.3. The summed E-state index contributed by atoms with van der Waals surface area (Å²) in [5.41, 5.74) is 0.155. The maximum Gasteiger partial charge on any atom is 0.130 e. The molecule has 0 aliphatic carbocycles.